The Hall–Kier alpha value is -1.88. The molecular formula is C20H28N2O3. The molecular weight excluding hydrogens is 316 g/mol. The molecule has 2 aliphatic heterocycles. The third kappa shape index (κ3) is 5.30. The van der Waals surface area contributed by atoms with E-state index in [9.17, 15) is 9.59 Å². The average Bonchev–Trinajstić information content (AvgIpc) is 2.68. The van der Waals surface area contributed by atoms with Gasteiger partial charge in [-0.2, -0.15) is 0 Å². The van der Waals surface area contributed by atoms with Crippen molar-refractivity contribution in [1.29, 1.82) is 0 Å². The summed E-state index contributed by atoms with van der Waals surface area (Å²) in [5.74, 6) is 0.522. The van der Waals surface area contributed by atoms with Gasteiger partial charge < -0.3 is 15.0 Å². The topological polar surface area (TPSA) is 58.6 Å². The van der Waals surface area contributed by atoms with Gasteiger partial charge in [0, 0.05) is 19.7 Å². The summed E-state index contributed by atoms with van der Waals surface area (Å²) in [6.07, 6.45) is 4.92. The lowest BCUT2D eigenvalue weighted by Crippen LogP contribution is -2.46. The normalized spacial score (nSPS) is 21.8. The van der Waals surface area contributed by atoms with Gasteiger partial charge in [0.25, 0.3) is 0 Å². The zero-order chi connectivity index (χ0) is 17.5. The minimum absolute atomic E-state index is 0.0308. The van der Waals surface area contributed by atoms with Crippen molar-refractivity contribution in [3.8, 4) is 0 Å². The highest BCUT2D eigenvalue weighted by molar-refractivity contribution is 5.86. The maximum Gasteiger partial charge on any atom is 0.241 e. The summed E-state index contributed by atoms with van der Waals surface area (Å²) in [7, 11) is 0. The Kier molecular flexibility index (Phi) is 6.45. The van der Waals surface area contributed by atoms with E-state index in [1.54, 1.807) is 0 Å². The van der Waals surface area contributed by atoms with Crippen LogP contribution in [0.5, 0.6) is 0 Å². The molecule has 2 aliphatic rings. The molecule has 2 saturated heterocycles. The first kappa shape index (κ1) is 17.9. The molecule has 1 N–H and O–H groups in total. The van der Waals surface area contributed by atoms with E-state index in [1.807, 2.05) is 11.0 Å². The van der Waals surface area contributed by atoms with E-state index in [2.05, 4.69) is 29.6 Å². The van der Waals surface area contributed by atoms with Crippen LogP contribution < -0.4 is 5.32 Å². The second-order valence-electron chi connectivity index (χ2n) is 7.15. The summed E-state index contributed by atoms with van der Waals surface area (Å²) < 4.78 is 5.33. The third-order valence-electron chi connectivity index (χ3n) is 5.28. The summed E-state index contributed by atoms with van der Waals surface area (Å²) in [5.41, 5.74) is 1.37. The largest absolute Gasteiger partial charge is 0.381 e. The number of rotatable bonds is 5. The summed E-state index contributed by atoms with van der Waals surface area (Å²) in [6, 6.07) is 10.5. The van der Waals surface area contributed by atoms with E-state index in [4.69, 9.17) is 4.74 Å². The van der Waals surface area contributed by atoms with E-state index < -0.39 is 0 Å². The van der Waals surface area contributed by atoms with Crippen molar-refractivity contribution < 1.29 is 14.3 Å². The fourth-order valence-electron chi connectivity index (χ4n) is 3.70. The smallest absolute Gasteiger partial charge is 0.241 e. The fraction of sp³-hybridized carbons (Fsp3) is 0.600. The van der Waals surface area contributed by atoms with E-state index in [0.717, 1.165) is 51.8 Å². The molecule has 2 heterocycles. The first-order chi connectivity index (χ1) is 12.2. The van der Waals surface area contributed by atoms with E-state index >= 15 is 0 Å². The lowest BCUT2D eigenvalue weighted by atomic mass is 9.90. The molecule has 1 unspecified atom stereocenters. The number of carbonyl (C=O) groups is 2. The van der Waals surface area contributed by atoms with Gasteiger partial charge in [-0.05, 0) is 43.6 Å². The van der Waals surface area contributed by atoms with Crippen LogP contribution in [0.1, 0.15) is 31.2 Å². The van der Waals surface area contributed by atoms with Gasteiger partial charge in [-0.1, -0.05) is 30.3 Å². The van der Waals surface area contributed by atoms with Crippen LogP contribution in [-0.4, -0.2) is 49.6 Å². The van der Waals surface area contributed by atoms with Gasteiger partial charge in [0.1, 0.15) is 0 Å². The first-order valence-corrected chi connectivity index (χ1v) is 9.39. The van der Waals surface area contributed by atoms with Crippen molar-refractivity contribution >= 4 is 11.8 Å². The highest BCUT2D eigenvalue weighted by Gasteiger charge is 2.25. The van der Waals surface area contributed by atoms with Crippen LogP contribution >= 0.6 is 0 Å². The minimum atomic E-state index is -0.0989. The molecule has 5 nitrogen and oxygen atoms in total. The van der Waals surface area contributed by atoms with Crippen LogP contribution in [0, 0.1) is 11.8 Å². The molecule has 0 aliphatic carbocycles. The van der Waals surface area contributed by atoms with Gasteiger partial charge in [-0.25, -0.2) is 0 Å². The molecule has 136 valence electrons. The van der Waals surface area contributed by atoms with Gasteiger partial charge in [0.05, 0.1) is 19.1 Å². The van der Waals surface area contributed by atoms with E-state index in [-0.39, 0.29) is 24.3 Å². The maximum atomic E-state index is 12.3. The number of nitrogens with zero attached hydrogens (tertiary/aromatic N) is 1. The Morgan fingerprint density at radius 2 is 1.88 bits per heavy atom. The molecule has 25 heavy (non-hydrogen) atoms. The predicted octanol–water partition coefficient (Wildman–Crippen LogP) is 2.01. The Balaban J connectivity index is 1.37. The second-order valence-corrected chi connectivity index (χ2v) is 7.15. The molecule has 2 amide bonds. The molecule has 1 aromatic carbocycles. The number of benzene rings is 1. The van der Waals surface area contributed by atoms with Crippen LogP contribution in [0.3, 0.4) is 0 Å². The summed E-state index contributed by atoms with van der Waals surface area (Å²) in [6.45, 7) is 2.90. The molecule has 1 atom stereocenters. The number of nitrogens with one attached hydrogen (secondary N) is 1. The van der Waals surface area contributed by atoms with Crippen LogP contribution in [-0.2, 0) is 20.7 Å². The van der Waals surface area contributed by atoms with Crippen LogP contribution in [0.25, 0.3) is 0 Å². The Morgan fingerprint density at radius 1 is 1.12 bits per heavy atom. The molecule has 0 bridgehead atoms. The van der Waals surface area contributed by atoms with Crippen molar-refractivity contribution in [2.75, 3.05) is 32.8 Å². The molecule has 0 saturated carbocycles. The molecule has 3 rings (SSSR count). The number of carbonyl (C=O) groups excluding carboxylic acids is 2. The quantitative estimate of drug-likeness (QED) is 0.889. The first-order valence-electron chi connectivity index (χ1n) is 9.39. The van der Waals surface area contributed by atoms with E-state index in [0.29, 0.717) is 12.5 Å². The van der Waals surface area contributed by atoms with Crippen molar-refractivity contribution in [1.82, 2.24) is 10.2 Å². The lowest BCUT2D eigenvalue weighted by Gasteiger charge is -2.32. The van der Waals surface area contributed by atoms with Crippen LogP contribution in [0.2, 0.25) is 0 Å². The Bertz CT molecular complexity index is 562. The monoisotopic (exact) mass is 344 g/mol. The summed E-state index contributed by atoms with van der Waals surface area (Å²) >= 11 is 0. The highest BCUT2D eigenvalue weighted by Crippen LogP contribution is 2.21. The van der Waals surface area contributed by atoms with E-state index in [1.165, 1.54) is 5.56 Å². The zero-order valence-corrected chi connectivity index (χ0v) is 14.8. The zero-order valence-electron chi connectivity index (χ0n) is 14.8. The number of hydrogen-bond donors (Lipinski definition) is 1. The van der Waals surface area contributed by atoms with Crippen LogP contribution in [0.15, 0.2) is 30.3 Å². The molecule has 2 fully saturated rings. The molecule has 1 aromatic rings. The number of ether oxygens (including phenoxy) is 1. The maximum absolute atomic E-state index is 12.3. The summed E-state index contributed by atoms with van der Waals surface area (Å²) in [4.78, 5) is 26.3. The van der Waals surface area contributed by atoms with Gasteiger partial charge >= 0.3 is 0 Å². The second kappa shape index (κ2) is 8.99. The molecule has 0 aromatic heterocycles. The third-order valence-corrected chi connectivity index (χ3v) is 5.28. The van der Waals surface area contributed by atoms with Crippen LogP contribution in [0.4, 0.5) is 0 Å². The highest BCUT2D eigenvalue weighted by atomic mass is 16.5. The number of amides is 2. The molecule has 5 heteroatoms. The molecule has 0 radical (unpaired) electrons. The predicted molar refractivity (Wildman–Crippen MR) is 96.0 cm³/mol. The lowest BCUT2D eigenvalue weighted by molar-refractivity contribution is -0.136. The summed E-state index contributed by atoms with van der Waals surface area (Å²) in [5, 5.41) is 2.79. The molecule has 0 spiro atoms. The van der Waals surface area contributed by atoms with Crippen molar-refractivity contribution in [3.05, 3.63) is 35.9 Å². The van der Waals surface area contributed by atoms with Gasteiger partial charge in [0.2, 0.25) is 11.8 Å². The standard InChI is InChI=1S/C20H28N2O3/c23-19(14-21-20(24)18-7-4-12-25-15-18)22-10-8-17(9-11-22)13-16-5-2-1-3-6-16/h1-3,5-6,17-18H,4,7-15H2,(H,21,24). The van der Waals surface area contributed by atoms with Gasteiger partial charge in [-0.15, -0.1) is 0 Å². The number of likely N-dealkylation sites (tertiary alicyclic amines) is 1. The number of piperidine rings is 1. The Morgan fingerprint density at radius 3 is 2.56 bits per heavy atom. The SMILES string of the molecule is O=C(NCC(=O)N1CCC(Cc2ccccc2)CC1)C1CCCOC1. The minimum Gasteiger partial charge on any atom is -0.381 e. The van der Waals surface area contributed by atoms with Gasteiger partial charge in [0.15, 0.2) is 0 Å². The van der Waals surface area contributed by atoms with Gasteiger partial charge in [-0.3, -0.25) is 9.59 Å². The Labute approximate surface area is 149 Å². The van der Waals surface area contributed by atoms with Crippen molar-refractivity contribution in [2.24, 2.45) is 11.8 Å². The fourth-order valence-corrected chi connectivity index (χ4v) is 3.70. The van der Waals surface area contributed by atoms with Crippen molar-refractivity contribution in [3.63, 3.8) is 0 Å². The number of hydrogen-bond acceptors (Lipinski definition) is 3. The average molecular weight is 344 g/mol. The van der Waals surface area contributed by atoms with Crippen molar-refractivity contribution in [2.45, 2.75) is 32.1 Å².